The molecule has 0 aromatic heterocycles. The third kappa shape index (κ3) is 2.44. The SMILES string of the molecule is Cc1ccc(C(O)C(C)C2NCC3CCCC32)cc1. The van der Waals surface area contributed by atoms with Crippen molar-refractivity contribution in [2.75, 3.05) is 6.54 Å². The summed E-state index contributed by atoms with van der Waals surface area (Å²) in [5.74, 6) is 1.93. The van der Waals surface area contributed by atoms with Crippen molar-refractivity contribution < 1.29 is 5.11 Å². The number of hydrogen-bond donors (Lipinski definition) is 2. The highest BCUT2D eigenvalue weighted by atomic mass is 16.3. The van der Waals surface area contributed by atoms with E-state index in [9.17, 15) is 5.11 Å². The van der Waals surface area contributed by atoms with Crippen LogP contribution in [0, 0.1) is 24.7 Å². The maximum absolute atomic E-state index is 10.6. The predicted molar refractivity (Wildman–Crippen MR) is 77.9 cm³/mol. The summed E-state index contributed by atoms with van der Waals surface area (Å²) in [5.41, 5.74) is 2.31. The third-order valence-electron chi connectivity index (χ3n) is 5.28. The van der Waals surface area contributed by atoms with Gasteiger partial charge < -0.3 is 10.4 Å². The van der Waals surface area contributed by atoms with Gasteiger partial charge in [-0.15, -0.1) is 0 Å². The molecule has 2 heteroatoms. The van der Waals surface area contributed by atoms with Crippen molar-refractivity contribution in [1.82, 2.24) is 5.32 Å². The highest BCUT2D eigenvalue weighted by molar-refractivity contribution is 5.24. The summed E-state index contributed by atoms with van der Waals surface area (Å²) in [4.78, 5) is 0. The number of aryl methyl sites for hydroxylation is 1. The van der Waals surface area contributed by atoms with E-state index in [1.807, 2.05) is 0 Å². The molecule has 19 heavy (non-hydrogen) atoms. The van der Waals surface area contributed by atoms with E-state index in [1.165, 1.54) is 24.8 Å². The van der Waals surface area contributed by atoms with Gasteiger partial charge in [0.25, 0.3) is 0 Å². The molecule has 2 nitrogen and oxygen atoms in total. The molecule has 2 aliphatic rings. The van der Waals surface area contributed by atoms with Crippen LogP contribution < -0.4 is 5.32 Å². The lowest BCUT2D eigenvalue weighted by atomic mass is 9.82. The molecule has 0 bridgehead atoms. The average Bonchev–Trinajstić information content (AvgIpc) is 3.00. The summed E-state index contributed by atoms with van der Waals surface area (Å²) in [6.45, 7) is 5.43. The highest BCUT2D eigenvalue weighted by Crippen LogP contribution is 2.42. The number of aliphatic hydroxyl groups excluding tert-OH is 1. The molecule has 1 saturated carbocycles. The second kappa shape index (κ2) is 5.26. The van der Waals surface area contributed by atoms with Crippen LogP contribution in [0.4, 0.5) is 0 Å². The van der Waals surface area contributed by atoms with Crippen LogP contribution in [0.25, 0.3) is 0 Å². The molecule has 0 amide bonds. The topological polar surface area (TPSA) is 32.3 Å². The van der Waals surface area contributed by atoms with E-state index in [4.69, 9.17) is 0 Å². The Labute approximate surface area is 116 Å². The maximum atomic E-state index is 10.6. The molecule has 0 spiro atoms. The van der Waals surface area contributed by atoms with Gasteiger partial charge in [0, 0.05) is 12.0 Å². The molecule has 5 unspecified atom stereocenters. The average molecular weight is 259 g/mol. The van der Waals surface area contributed by atoms with Gasteiger partial charge in [0.15, 0.2) is 0 Å². The Hall–Kier alpha value is -0.860. The first-order valence-corrected chi connectivity index (χ1v) is 7.65. The molecule has 1 saturated heterocycles. The van der Waals surface area contributed by atoms with Crippen molar-refractivity contribution in [1.29, 1.82) is 0 Å². The van der Waals surface area contributed by atoms with Crippen LogP contribution >= 0.6 is 0 Å². The molecule has 1 aromatic carbocycles. The molecule has 5 atom stereocenters. The van der Waals surface area contributed by atoms with Crippen molar-refractivity contribution in [3.63, 3.8) is 0 Å². The van der Waals surface area contributed by atoms with Crippen molar-refractivity contribution >= 4 is 0 Å². The van der Waals surface area contributed by atoms with E-state index < -0.39 is 0 Å². The maximum Gasteiger partial charge on any atom is 0.0830 e. The van der Waals surface area contributed by atoms with Crippen molar-refractivity contribution in [2.45, 2.75) is 45.3 Å². The van der Waals surface area contributed by atoms with Crippen molar-refractivity contribution in [2.24, 2.45) is 17.8 Å². The van der Waals surface area contributed by atoms with Gasteiger partial charge in [0.2, 0.25) is 0 Å². The normalized spacial score (nSPS) is 33.1. The van der Waals surface area contributed by atoms with Gasteiger partial charge in [-0.3, -0.25) is 0 Å². The molecule has 0 radical (unpaired) electrons. The lowest BCUT2D eigenvalue weighted by Gasteiger charge is -2.29. The smallest absolute Gasteiger partial charge is 0.0830 e. The lowest BCUT2D eigenvalue weighted by Crippen LogP contribution is -2.36. The molecule has 2 N–H and O–H groups in total. The Morgan fingerprint density at radius 2 is 1.95 bits per heavy atom. The molecule has 1 aromatic rings. The van der Waals surface area contributed by atoms with Gasteiger partial charge in [-0.1, -0.05) is 43.2 Å². The Balaban J connectivity index is 1.72. The first-order chi connectivity index (χ1) is 9.16. The zero-order chi connectivity index (χ0) is 13.4. The van der Waals surface area contributed by atoms with Crippen LogP contribution in [-0.4, -0.2) is 17.7 Å². The summed E-state index contributed by atoms with van der Waals surface area (Å²) in [5, 5.41) is 14.3. The number of aliphatic hydroxyl groups is 1. The summed E-state index contributed by atoms with van der Waals surface area (Å²) in [6, 6.07) is 8.80. The molecular formula is C17H25NO. The van der Waals surface area contributed by atoms with Gasteiger partial charge in [-0.2, -0.15) is 0 Å². The van der Waals surface area contributed by atoms with E-state index >= 15 is 0 Å². The second-order valence-corrected chi connectivity index (χ2v) is 6.50. The fraction of sp³-hybridized carbons (Fsp3) is 0.647. The number of benzene rings is 1. The molecule has 104 valence electrons. The predicted octanol–water partition coefficient (Wildman–Crippen LogP) is 3.05. The fourth-order valence-corrected chi connectivity index (χ4v) is 4.07. The fourth-order valence-electron chi connectivity index (χ4n) is 4.07. The van der Waals surface area contributed by atoms with Crippen LogP contribution in [0.2, 0.25) is 0 Å². The van der Waals surface area contributed by atoms with Crippen molar-refractivity contribution in [3.8, 4) is 0 Å². The molecule has 1 aliphatic heterocycles. The standard InChI is InChI=1S/C17H25NO/c1-11-6-8-13(9-7-11)17(19)12(2)16-15-5-3-4-14(15)10-18-16/h6-9,12,14-19H,3-5,10H2,1-2H3. The van der Waals surface area contributed by atoms with Crippen LogP contribution in [-0.2, 0) is 0 Å². The zero-order valence-electron chi connectivity index (χ0n) is 12.0. The van der Waals surface area contributed by atoms with E-state index in [0.717, 1.165) is 23.9 Å². The number of hydrogen-bond acceptors (Lipinski definition) is 2. The summed E-state index contributed by atoms with van der Waals surface area (Å²) in [6.07, 6.45) is 3.74. The molecular weight excluding hydrogens is 234 g/mol. The van der Waals surface area contributed by atoms with Crippen LogP contribution in [0.15, 0.2) is 24.3 Å². The number of nitrogens with one attached hydrogen (secondary N) is 1. The Morgan fingerprint density at radius 3 is 2.68 bits per heavy atom. The molecule has 1 aliphatic carbocycles. The lowest BCUT2D eigenvalue weighted by molar-refractivity contribution is 0.0861. The Bertz CT molecular complexity index is 427. The Morgan fingerprint density at radius 1 is 1.21 bits per heavy atom. The Kier molecular flexibility index (Phi) is 3.64. The number of fused-ring (bicyclic) bond motifs is 1. The van der Waals surface area contributed by atoms with E-state index in [2.05, 4.69) is 43.4 Å². The van der Waals surface area contributed by atoms with Gasteiger partial charge in [-0.05, 0) is 43.7 Å². The minimum Gasteiger partial charge on any atom is -0.388 e. The largest absolute Gasteiger partial charge is 0.388 e. The van der Waals surface area contributed by atoms with E-state index in [1.54, 1.807) is 0 Å². The summed E-state index contributed by atoms with van der Waals surface area (Å²) in [7, 11) is 0. The minimum atomic E-state index is -0.350. The van der Waals surface area contributed by atoms with Crippen LogP contribution in [0.3, 0.4) is 0 Å². The first-order valence-electron chi connectivity index (χ1n) is 7.65. The summed E-state index contributed by atoms with van der Waals surface area (Å²) >= 11 is 0. The quantitative estimate of drug-likeness (QED) is 0.874. The molecule has 1 heterocycles. The van der Waals surface area contributed by atoms with E-state index in [0.29, 0.717) is 6.04 Å². The monoisotopic (exact) mass is 259 g/mol. The van der Waals surface area contributed by atoms with Gasteiger partial charge in [0.1, 0.15) is 0 Å². The second-order valence-electron chi connectivity index (χ2n) is 6.50. The van der Waals surface area contributed by atoms with Crippen LogP contribution in [0.1, 0.15) is 43.4 Å². The molecule has 2 fully saturated rings. The number of rotatable bonds is 3. The van der Waals surface area contributed by atoms with Gasteiger partial charge >= 0.3 is 0 Å². The van der Waals surface area contributed by atoms with Crippen molar-refractivity contribution in [3.05, 3.63) is 35.4 Å². The summed E-state index contributed by atoms with van der Waals surface area (Å²) < 4.78 is 0. The highest BCUT2D eigenvalue weighted by Gasteiger charge is 2.42. The van der Waals surface area contributed by atoms with Crippen LogP contribution in [0.5, 0.6) is 0 Å². The van der Waals surface area contributed by atoms with E-state index in [-0.39, 0.29) is 12.0 Å². The third-order valence-corrected chi connectivity index (χ3v) is 5.28. The van der Waals surface area contributed by atoms with Gasteiger partial charge in [-0.25, -0.2) is 0 Å². The first kappa shape index (κ1) is 13.1. The van der Waals surface area contributed by atoms with Gasteiger partial charge in [0.05, 0.1) is 6.10 Å². The molecule has 3 rings (SSSR count). The zero-order valence-corrected chi connectivity index (χ0v) is 12.0. The minimum absolute atomic E-state index is 0.288.